The Hall–Kier alpha value is -0.570. The lowest BCUT2D eigenvalue weighted by molar-refractivity contribution is -0.125. The summed E-state index contributed by atoms with van der Waals surface area (Å²) in [4.78, 5) is 14.5. The minimum absolute atomic E-state index is 0.163. The molecule has 17 heavy (non-hydrogen) atoms. The molecule has 1 saturated heterocycles. The number of amides is 1. The van der Waals surface area contributed by atoms with Gasteiger partial charge in [-0.15, -0.1) is 0 Å². The Morgan fingerprint density at radius 3 is 2.71 bits per heavy atom. The van der Waals surface area contributed by atoms with Gasteiger partial charge in [-0.2, -0.15) is 0 Å². The lowest BCUT2D eigenvalue weighted by Gasteiger charge is -2.23. The van der Waals surface area contributed by atoms with Gasteiger partial charge < -0.3 is 5.32 Å². The number of hydrogen-bond donors (Lipinski definition) is 1. The molecule has 1 N–H and O–H groups in total. The second-order valence-electron chi connectivity index (χ2n) is 5.59. The van der Waals surface area contributed by atoms with Crippen molar-refractivity contribution in [3.8, 4) is 0 Å². The summed E-state index contributed by atoms with van der Waals surface area (Å²) in [6.45, 7) is 5.28. The molecule has 0 aromatic heterocycles. The molecule has 0 radical (unpaired) electrons. The van der Waals surface area contributed by atoms with Crippen molar-refractivity contribution in [3.05, 3.63) is 0 Å². The SMILES string of the molecule is CCCN1CCC[C@@H]1C(=O)NCC1CCCC1. The third-order valence-electron chi connectivity index (χ3n) is 4.22. The lowest BCUT2D eigenvalue weighted by Crippen LogP contribution is -2.44. The molecule has 1 aliphatic heterocycles. The fourth-order valence-corrected chi connectivity index (χ4v) is 3.26. The van der Waals surface area contributed by atoms with Crippen molar-refractivity contribution >= 4 is 5.91 Å². The second kappa shape index (κ2) is 6.39. The fourth-order valence-electron chi connectivity index (χ4n) is 3.26. The van der Waals surface area contributed by atoms with E-state index in [1.807, 2.05) is 0 Å². The third-order valence-corrected chi connectivity index (χ3v) is 4.22. The summed E-state index contributed by atoms with van der Waals surface area (Å²) in [7, 11) is 0. The first kappa shape index (κ1) is 12.9. The molecule has 3 heteroatoms. The van der Waals surface area contributed by atoms with Gasteiger partial charge in [0, 0.05) is 6.54 Å². The maximum atomic E-state index is 12.1. The van der Waals surface area contributed by atoms with E-state index in [1.54, 1.807) is 0 Å². The van der Waals surface area contributed by atoms with Crippen molar-refractivity contribution in [1.29, 1.82) is 0 Å². The van der Waals surface area contributed by atoms with Gasteiger partial charge in [-0.3, -0.25) is 9.69 Å². The molecule has 1 atom stereocenters. The maximum absolute atomic E-state index is 12.1. The number of hydrogen-bond acceptors (Lipinski definition) is 2. The van der Waals surface area contributed by atoms with E-state index in [9.17, 15) is 4.79 Å². The number of carbonyl (C=O) groups excluding carboxylic acids is 1. The van der Waals surface area contributed by atoms with Crippen molar-refractivity contribution in [1.82, 2.24) is 10.2 Å². The Bertz CT molecular complexity index is 249. The van der Waals surface area contributed by atoms with Crippen LogP contribution >= 0.6 is 0 Å². The Morgan fingerprint density at radius 1 is 1.24 bits per heavy atom. The van der Waals surface area contributed by atoms with Crippen molar-refractivity contribution in [2.75, 3.05) is 19.6 Å². The molecule has 0 spiro atoms. The van der Waals surface area contributed by atoms with Gasteiger partial charge in [0.05, 0.1) is 6.04 Å². The Labute approximate surface area is 105 Å². The molecule has 0 aromatic carbocycles. The average Bonchev–Trinajstić information content (AvgIpc) is 2.97. The van der Waals surface area contributed by atoms with E-state index in [1.165, 1.54) is 32.1 Å². The van der Waals surface area contributed by atoms with E-state index >= 15 is 0 Å². The van der Waals surface area contributed by atoms with Gasteiger partial charge in [0.1, 0.15) is 0 Å². The van der Waals surface area contributed by atoms with Crippen molar-refractivity contribution < 1.29 is 4.79 Å². The van der Waals surface area contributed by atoms with Gasteiger partial charge in [-0.05, 0) is 51.1 Å². The highest BCUT2D eigenvalue weighted by Crippen LogP contribution is 2.24. The zero-order valence-electron chi connectivity index (χ0n) is 11.1. The fraction of sp³-hybridized carbons (Fsp3) is 0.929. The van der Waals surface area contributed by atoms with Crippen LogP contribution in [0.2, 0.25) is 0 Å². The van der Waals surface area contributed by atoms with Crippen LogP contribution < -0.4 is 5.32 Å². The summed E-state index contributed by atoms with van der Waals surface area (Å²) in [6.07, 6.45) is 8.70. The first-order valence-electron chi connectivity index (χ1n) is 7.33. The molecule has 1 amide bonds. The summed E-state index contributed by atoms with van der Waals surface area (Å²) in [6, 6.07) is 0.163. The summed E-state index contributed by atoms with van der Waals surface area (Å²) < 4.78 is 0. The number of rotatable bonds is 5. The molecular weight excluding hydrogens is 212 g/mol. The molecule has 98 valence electrons. The van der Waals surface area contributed by atoms with Crippen molar-refractivity contribution in [2.24, 2.45) is 5.92 Å². The predicted molar refractivity (Wildman–Crippen MR) is 69.9 cm³/mol. The predicted octanol–water partition coefficient (Wildman–Crippen LogP) is 2.17. The minimum atomic E-state index is 0.163. The molecule has 2 fully saturated rings. The van der Waals surface area contributed by atoms with E-state index < -0.39 is 0 Å². The molecule has 1 heterocycles. The van der Waals surface area contributed by atoms with E-state index in [-0.39, 0.29) is 11.9 Å². The maximum Gasteiger partial charge on any atom is 0.237 e. The smallest absolute Gasteiger partial charge is 0.237 e. The molecule has 1 aliphatic carbocycles. The molecule has 0 unspecified atom stereocenters. The number of carbonyl (C=O) groups is 1. The monoisotopic (exact) mass is 238 g/mol. The molecule has 0 bridgehead atoms. The van der Waals surface area contributed by atoms with Gasteiger partial charge in [-0.25, -0.2) is 0 Å². The number of nitrogens with zero attached hydrogens (tertiary/aromatic N) is 1. The number of likely N-dealkylation sites (tertiary alicyclic amines) is 1. The van der Waals surface area contributed by atoms with E-state index in [2.05, 4.69) is 17.1 Å². The largest absolute Gasteiger partial charge is 0.354 e. The minimum Gasteiger partial charge on any atom is -0.354 e. The summed E-state index contributed by atoms with van der Waals surface area (Å²) in [5.74, 6) is 1.03. The van der Waals surface area contributed by atoms with Crippen LogP contribution in [0.3, 0.4) is 0 Å². The van der Waals surface area contributed by atoms with Crippen molar-refractivity contribution in [2.45, 2.75) is 57.9 Å². The lowest BCUT2D eigenvalue weighted by atomic mass is 10.1. The van der Waals surface area contributed by atoms with Gasteiger partial charge in [0.15, 0.2) is 0 Å². The van der Waals surface area contributed by atoms with Gasteiger partial charge >= 0.3 is 0 Å². The molecule has 2 rings (SSSR count). The number of nitrogens with one attached hydrogen (secondary N) is 1. The summed E-state index contributed by atoms with van der Waals surface area (Å²) >= 11 is 0. The highest BCUT2D eigenvalue weighted by molar-refractivity contribution is 5.82. The molecule has 0 aromatic rings. The summed E-state index contributed by atoms with van der Waals surface area (Å²) in [5.41, 5.74) is 0. The topological polar surface area (TPSA) is 32.3 Å². The molecule has 3 nitrogen and oxygen atoms in total. The van der Waals surface area contributed by atoms with Crippen LogP contribution in [0.4, 0.5) is 0 Å². The quantitative estimate of drug-likeness (QED) is 0.796. The van der Waals surface area contributed by atoms with E-state index in [0.29, 0.717) is 0 Å². The van der Waals surface area contributed by atoms with E-state index in [4.69, 9.17) is 0 Å². The van der Waals surface area contributed by atoms with Crippen LogP contribution in [-0.2, 0) is 4.79 Å². The van der Waals surface area contributed by atoms with Crippen LogP contribution in [0.25, 0.3) is 0 Å². The molecular formula is C14H26N2O. The Kier molecular flexibility index (Phi) is 4.84. The van der Waals surface area contributed by atoms with Crippen LogP contribution in [0.15, 0.2) is 0 Å². The van der Waals surface area contributed by atoms with Gasteiger partial charge in [-0.1, -0.05) is 19.8 Å². The van der Waals surface area contributed by atoms with Crippen LogP contribution in [-0.4, -0.2) is 36.5 Å². The van der Waals surface area contributed by atoms with Crippen LogP contribution in [0.1, 0.15) is 51.9 Å². The normalized spacial score (nSPS) is 26.5. The summed E-state index contributed by atoms with van der Waals surface area (Å²) in [5, 5.41) is 3.17. The van der Waals surface area contributed by atoms with E-state index in [0.717, 1.165) is 38.4 Å². The van der Waals surface area contributed by atoms with Crippen LogP contribution in [0, 0.1) is 5.92 Å². The highest BCUT2D eigenvalue weighted by Gasteiger charge is 2.30. The Balaban J connectivity index is 1.74. The molecule has 1 saturated carbocycles. The second-order valence-corrected chi connectivity index (χ2v) is 5.59. The van der Waals surface area contributed by atoms with Crippen LogP contribution in [0.5, 0.6) is 0 Å². The first-order valence-corrected chi connectivity index (χ1v) is 7.33. The average molecular weight is 238 g/mol. The Morgan fingerprint density at radius 2 is 2.00 bits per heavy atom. The third kappa shape index (κ3) is 3.44. The zero-order chi connectivity index (χ0) is 12.1. The highest BCUT2D eigenvalue weighted by atomic mass is 16.2. The zero-order valence-corrected chi connectivity index (χ0v) is 11.1. The first-order chi connectivity index (χ1) is 8.31. The van der Waals surface area contributed by atoms with Gasteiger partial charge in [0.25, 0.3) is 0 Å². The standard InChI is InChI=1S/C14H26N2O/c1-2-9-16-10-5-8-13(16)14(17)15-11-12-6-3-4-7-12/h12-13H,2-11H2,1H3,(H,15,17)/t13-/m1/s1. The van der Waals surface area contributed by atoms with Gasteiger partial charge in [0.2, 0.25) is 5.91 Å². The van der Waals surface area contributed by atoms with Crippen molar-refractivity contribution in [3.63, 3.8) is 0 Å². The molecule has 2 aliphatic rings.